The van der Waals surface area contributed by atoms with Crippen LogP contribution in [0.1, 0.15) is 6.42 Å². The van der Waals surface area contributed by atoms with Crippen LogP contribution in [0, 0.1) is 0 Å². The molecule has 7 heteroatoms. The largest absolute Gasteiger partial charge is 0.497 e. The summed E-state index contributed by atoms with van der Waals surface area (Å²) in [7, 11) is -2.14. The molecule has 1 saturated heterocycles. The number of carbonyl (C=O) groups excluding carboxylic acids is 1. The van der Waals surface area contributed by atoms with Crippen molar-refractivity contribution in [1.29, 1.82) is 0 Å². The molecule has 0 bridgehead atoms. The molecule has 0 aliphatic carbocycles. The van der Waals surface area contributed by atoms with Gasteiger partial charge in [-0.3, -0.25) is 4.79 Å². The van der Waals surface area contributed by atoms with Gasteiger partial charge in [-0.05, 0) is 42.8 Å². The topological polar surface area (TPSA) is 75.7 Å². The number of carbonyl (C=O) groups is 1. The summed E-state index contributed by atoms with van der Waals surface area (Å²) in [5.74, 6) is 0.450. The van der Waals surface area contributed by atoms with Crippen LogP contribution in [0.3, 0.4) is 0 Å². The van der Waals surface area contributed by atoms with Crippen LogP contribution >= 0.6 is 0 Å². The minimum Gasteiger partial charge on any atom is -0.497 e. The average Bonchev–Trinajstić information content (AvgIpc) is 2.96. The number of sulfonamides is 1. The number of rotatable bonds is 5. The Balaban J connectivity index is 1.74. The third kappa shape index (κ3) is 3.27. The number of hydrogen-bond donors (Lipinski definition) is 1. The van der Waals surface area contributed by atoms with E-state index >= 15 is 0 Å². The summed E-state index contributed by atoms with van der Waals surface area (Å²) in [5.41, 5.74) is 0.724. The highest BCUT2D eigenvalue weighted by atomic mass is 32.2. The van der Waals surface area contributed by atoms with Crippen LogP contribution in [0.5, 0.6) is 5.75 Å². The fourth-order valence-corrected chi connectivity index (χ4v) is 3.91. The van der Waals surface area contributed by atoms with Crippen molar-refractivity contribution in [2.24, 2.45) is 0 Å². The van der Waals surface area contributed by atoms with Gasteiger partial charge in [0.15, 0.2) is 0 Å². The predicted octanol–water partition coefficient (Wildman–Crippen LogP) is 1.78. The van der Waals surface area contributed by atoms with Crippen molar-refractivity contribution in [1.82, 2.24) is 4.72 Å². The maximum absolute atomic E-state index is 12.5. The third-order valence-corrected chi connectivity index (χ3v) is 5.43. The Morgan fingerprint density at radius 2 is 1.75 bits per heavy atom. The van der Waals surface area contributed by atoms with Gasteiger partial charge in [0, 0.05) is 12.2 Å². The van der Waals surface area contributed by atoms with E-state index in [0.29, 0.717) is 18.7 Å². The molecule has 6 nitrogen and oxygen atoms in total. The van der Waals surface area contributed by atoms with Gasteiger partial charge in [-0.1, -0.05) is 18.2 Å². The molecule has 1 atom stereocenters. The standard InChI is InChI=1S/C17H18N2O4S/c1-23-14-9-7-13(8-10-14)19-12-11-16(17(19)20)18-24(21,22)15-5-3-2-4-6-15/h2-10,16,18H,11-12H2,1H3/t16-/m1/s1. The number of amides is 1. The van der Waals surface area contributed by atoms with Gasteiger partial charge in [0.05, 0.1) is 12.0 Å². The zero-order valence-electron chi connectivity index (χ0n) is 13.2. The summed E-state index contributed by atoms with van der Waals surface area (Å²) in [6, 6.07) is 14.4. The van der Waals surface area contributed by atoms with E-state index in [1.165, 1.54) is 12.1 Å². The van der Waals surface area contributed by atoms with E-state index in [1.807, 2.05) is 0 Å². The Kier molecular flexibility index (Phi) is 4.55. The first-order valence-electron chi connectivity index (χ1n) is 7.54. The van der Waals surface area contributed by atoms with Gasteiger partial charge in [0.1, 0.15) is 11.8 Å². The lowest BCUT2D eigenvalue weighted by Crippen LogP contribution is -2.41. The van der Waals surface area contributed by atoms with E-state index < -0.39 is 16.1 Å². The molecule has 1 N–H and O–H groups in total. The number of hydrogen-bond acceptors (Lipinski definition) is 4. The summed E-state index contributed by atoms with van der Waals surface area (Å²) < 4.78 is 32.3. The molecule has 0 saturated carbocycles. The average molecular weight is 346 g/mol. The molecule has 1 aliphatic heterocycles. The first-order valence-corrected chi connectivity index (χ1v) is 9.02. The molecule has 0 aromatic heterocycles. The summed E-state index contributed by atoms with van der Waals surface area (Å²) >= 11 is 0. The molecular weight excluding hydrogens is 328 g/mol. The van der Waals surface area contributed by atoms with Crippen LogP contribution in [0.2, 0.25) is 0 Å². The number of nitrogens with one attached hydrogen (secondary N) is 1. The molecule has 1 heterocycles. The van der Waals surface area contributed by atoms with Crippen LogP contribution in [0.25, 0.3) is 0 Å². The van der Waals surface area contributed by atoms with E-state index in [-0.39, 0.29) is 10.8 Å². The van der Waals surface area contributed by atoms with Crippen molar-refractivity contribution < 1.29 is 17.9 Å². The van der Waals surface area contributed by atoms with Crippen molar-refractivity contribution in [2.45, 2.75) is 17.4 Å². The number of benzene rings is 2. The number of methoxy groups -OCH3 is 1. The molecule has 0 unspecified atom stereocenters. The normalized spacial score (nSPS) is 18.0. The van der Waals surface area contributed by atoms with E-state index in [1.54, 1.807) is 54.5 Å². The molecule has 2 aromatic carbocycles. The highest BCUT2D eigenvalue weighted by molar-refractivity contribution is 7.89. The molecule has 126 valence electrons. The summed E-state index contributed by atoms with van der Waals surface area (Å²) in [4.78, 5) is 14.3. The first-order chi connectivity index (χ1) is 11.5. The predicted molar refractivity (Wildman–Crippen MR) is 90.5 cm³/mol. The third-order valence-electron chi connectivity index (χ3n) is 3.94. The lowest BCUT2D eigenvalue weighted by Gasteiger charge is -2.17. The molecule has 24 heavy (non-hydrogen) atoms. The number of nitrogens with zero attached hydrogens (tertiary/aromatic N) is 1. The van der Waals surface area contributed by atoms with Gasteiger partial charge < -0.3 is 9.64 Å². The zero-order valence-corrected chi connectivity index (χ0v) is 14.0. The minimum absolute atomic E-state index is 0.153. The molecule has 0 radical (unpaired) electrons. The van der Waals surface area contributed by atoms with Crippen LogP contribution in [0.4, 0.5) is 5.69 Å². The van der Waals surface area contributed by atoms with Crippen molar-refractivity contribution in [3.05, 3.63) is 54.6 Å². The second-order valence-electron chi connectivity index (χ2n) is 5.46. The molecule has 2 aromatic rings. The van der Waals surface area contributed by atoms with E-state index in [0.717, 1.165) is 5.69 Å². The Bertz CT molecular complexity index is 819. The second kappa shape index (κ2) is 6.62. The quantitative estimate of drug-likeness (QED) is 0.895. The lowest BCUT2D eigenvalue weighted by atomic mass is 10.2. The molecule has 1 aliphatic rings. The van der Waals surface area contributed by atoms with Crippen LogP contribution in [-0.2, 0) is 14.8 Å². The minimum atomic E-state index is -3.71. The van der Waals surface area contributed by atoms with Crippen molar-refractivity contribution in [2.75, 3.05) is 18.6 Å². The fourth-order valence-electron chi connectivity index (χ4n) is 2.66. The Morgan fingerprint density at radius 1 is 1.08 bits per heavy atom. The van der Waals surface area contributed by atoms with Gasteiger partial charge in [-0.15, -0.1) is 0 Å². The van der Waals surface area contributed by atoms with E-state index in [9.17, 15) is 13.2 Å². The maximum atomic E-state index is 12.5. The SMILES string of the molecule is COc1ccc(N2CC[C@@H](NS(=O)(=O)c3ccccc3)C2=O)cc1. The second-order valence-corrected chi connectivity index (χ2v) is 7.18. The summed E-state index contributed by atoms with van der Waals surface area (Å²) in [5, 5.41) is 0. The molecule has 3 rings (SSSR count). The van der Waals surface area contributed by atoms with Crippen molar-refractivity contribution in [3.63, 3.8) is 0 Å². The first kappa shape index (κ1) is 16.5. The molecule has 1 amide bonds. The molecular formula is C17H18N2O4S. The van der Waals surface area contributed by atoms with E-state index in [4.69, 9.17) is 4.74 Å². The van der Waals surface area contributed by atoms with Gasteiger partial charge in [-0.2, -0.15) is 4.72 Å². The monoisotopic (exact) mass is 346 g/mol. The van der Waals surface area contributed by atoms with Crippen molar-refractivity contribution in [3.8, 4) is 5.75 Å². The lowest BCUT2D eigenvalue weighted by molar-refractivity contribution is -0.118. The number of anilines is 1. The van der Waals surface area contributed by atoms with Gasteiger partial charge in [0.25, 0.3) is 0 Å². The summed E-state index contributed by atoms with van der Waals surface area (Å²) in [6.45, 7) is 0.465. The number of ether oxygens (including phenoxy) is 1. The molecule has 1 fully saturated rings. The van der Waals surface area contributed by atoms with Gasteiger partial charge in [-0.25, -0.2) is 8.42 Å². The van der Waals surface area contributed by atoms with Crippen LogP contribution < -0.4 is 14.4 Å². The highest BCUT2D eigenvalue weighted by Gasteiger charge is 2.35. The van der Waals surface area contributed by atoms with Crippen LogP contribution in [-0.4, -0.2) is 34.0 Å². The van der Waals surface area contributed by atoms with Crippen molar-refractivity contribution >= 4 is 21.6 Å². The van der Waals surface area contributed by atoms with Crippen LogP contribution in [0.15, 0.2) is 59.5 Å². The Morgan fingerprint density at radius 3 is 2.38 bits per heavy atom. The Hall–Kier alpha value is -2.38. The summed E-state index contributed by atoms with van der Waals surface area (Å²) in [6.07, 6.45) is 0.428. The van der Waals surface area contributed by atoms with E-state index in [2.05, 4.69) is 4.72 Å². The maximum Gasteiger partial charge on any atom is 0.245 e. The smallest absolute Gasteiger partial charge is 0.245 e. The Labute approximate surface area is 141 Å². The fraction of sp³-hybridized carbons (Fsp3) is 0.235. The molecule has 0 spiro atoms. The zero-order chi connectivity index (χ0) is 17.2. The van der Waals surface area contributed by atoms with Gasteiger partial charge >= 0.3 is 0 Å². The highest BCUT2D eigenvalue weighted by Crippen LogP contribution is 2.24. The van der Waals surface area contributed by atoms with Gasteiger partial charge in [0.2, 0.25) is 15.9 Å².